The second kappa shape index (κ2) is 13.8. The number of ether oxygens (including phenoxy) is 1. The number of nitrogens with one attached hydrogen (secondary N) is 1. The summed E-state index contributed by atoms with van der Waals surface area (Å²) in [5.41, 5.74) is 1.79. The molecule has 12 heteroatoms. The zero-order chi connectivity index (χ0) is 29.5. The van der Waals surface area contributed by atoms with Gasteiger partial charge in [0.25, 0.3) is 11.8 Å². The second-order valence-corrected chi connectivity index (χ2v) is 11.0. The molecule has 1 aromatic heterocycles. The molecule has 1 fully saturated rings. The number of carbonyl (C=O) groups is 2. The van der Waals surface area contributed by atoms with Gasteiger partial charge in [-0.2, -0.15) is 5.10 Å². The van der Waals surface area contributed by atoms with E-state index in [9.17, 15) is 9.59 Å². The molecular formula is C30H21Cl3N4O4S. The number of rotatable bonds is 9. The molecule has 3 aromatic carbocycles. The Balaban J connectivity index is 1.35. The summed E-state index contributed by atoms with van der Waals surface area (Å²) in [7, 11) is 0. The minimum atomic E-state index is -0.345. The molecule has 2 amide bonds. The minimum Gasteiger partial charge on any atom is -0.483 e. The van der Waals surface area contributed by atoms with Gasteiger partial charge in [0.2, 0.25) is 0 Å². The Hall–Kier alpha value is -4.02. The summed E-state index contributed by atoms with van der Waals surface area (Å²) in [6.45, 7) is -0.0759. The van der Waals surface area contributed by atoms with Crippen LogP contribution in [0.1, 0.15) is 16.9 Å². The maximum absolute atomic E-state index is 13.5. The Morgan fingerprint density at radius 1 is 0.976 bits per heavy atom. The summed E-state index contributed by atoms with van der Waals surface area (Å²) in [6, 6.07) is 22.6. The van der Waals surface area contributed by atoms with E-state index in [0.717, 1.165) is 11.8 Å². The summed E-state index contributed by atoms with van der Waals surface area (Å²) >= 11 is 19.4. The van der Waals surface area contributed by atoms with Crippen molar-refractivity contribution in [2.75, 3.05) is 11.9 Å². The first-order valence-corrected chi connectivity index (χ1v) is 14.4. The molecular weight excluding hydrogens is 619 g/mol. The van der Waals surface area contributed by atoms with Crippen molar-refractivity contribution in [3.05, 3.63) is 122 Å². The highest BCUT2D eigenvalue weighted by atomic mass is 35.5. The fourth-order valence-corrected chi connectivity index (χ4v) is 5.20. The number of anilines is 1. The number of thioether (sulfide) groups is 1. The average molecular weight is 640 g/mol. The van der Waals surface area contributed by atoms with Gasteiger partial charge in [0.05, 0.1) is 34.0 Å². The first kappa shape index (κ1) is 29.5. The van der Waals surface area contributed by atoms with Crippen LogP contribution in [0.4, 0.5) is 5.69 Å². The van der Waals surface area contributed by atoms with Gasteiger partial charge in [-0.15, -0.1) is 5.10 Å². The number of carbonyl (C=O) groups excluding carboxylic acids is 2. The minimum absolute atomic E-state index is 0.158. The molecule has 0 spiro atoms. The SMILES string of the molecule is O=C(COc1ccccc1/C=C1\S/C(=N\N=C\c2cccc(Cl)c2Cl)N(Cc2ccco2)C1=O)Nc1ccc(Cl)cc1. The Labute approximate surface area is 260 Å². The van der Waals surface area contributed by atoms with Gasteiger partial charge in [0.1, 0.15) is 11.5 Å². The smallest absolute Gasteiger partial charge is 0.267 e. The van der Waals surface area contributed by atoms with Crippen molar-refractivity contribution in [3.8, 4) is 5.75 Å². The van der Waals surface area contributed by atoms with E-state index in [4.69, 9.17) is 44.0 Å². The Morgan fingerprint density at radius 3 is 2.55 bits per heavy atom. The van der Waals surface area contributed by atoms with E-state index in [1.807, 2.05) is 6.07 Å². The molecule has 0 radical (unpaired) electrons. The van der Waals surface area contributed by atoms with Crippen LogP contribution < -0.4 is 10.1 Å². The number of furan rings is 1. The molecule has 0 aliphatic carbocycles. The van der Waals surface area contributed by atoms with E-state index in [1.165, 1.54) is 17.4 Å². The fourth-order valence-electron chi connectivity index (χ4n) is 3.79. The van der Waals surface area contributed by atoms with Gasteiger partial charge in [0.15, 0.2) is 11.8 Å². The third-order valence-electron chi connectivity index (χ3n) is 5.80. The lowest BCUT2D eigenvalue weighted by Crippen LogP contribution is -2.28. The van der Waals surface area contributed by atoms with Crippen molar-refractivity contribution in [3.63, 3.8) is 0 Å². The molecule has 8 nitrogen and oxygen atoms in total. The van der Waals surface area contributed by atoms with Crippen molar-refractivity contribution >= 4 is 81.5 Å². The van der Waals surface area contributed by atoms with Gasteiger partial charge in [0, 0.05) is 21.8 Å². The first-order valence-electron chi connectivity index (χ1n) is 12.4. The van der Waals surface area contributed by atoms with Gasteiger partial charge in [-0.1, -0.05) is 65.1 Å². The predicted octanol–water partition coefficient (Wildman–Crippen LogP) is 7.76. The third kappa shape index (κ3) is 7.43. The van der Waals surface area contributed by atoms with Crippen LogP contribution in [0.15, 0.2) is 105 Å². The second-order valence-electron chi connectivity index (χ2n) is 8.73. The summed E-state index contributed by atoms with van der Waals surface area (Å²) in [5.74, 6) is 0.376. The van der Waals surface area contributed by atoms with Crippen LogP contribution in [0.3, 0.4) is 0 Å². The van der Waals surface area contributed by atoms with Crippen molar-refractivity contribution in [1.82, 2.24) is 4.90 Å². The third-order valence-corrected chi connectivity index (χ3v) is 7.88. The summed E-state index contributed by atoms with van der Waals surface area (Å²) < 4.78 is 11.3. The topological polar surface area (TPSA) is 96.5 Å². The van der Waals surface area contributed by atoms with Crippen LogP contribution in [-0.2, 0) is 16.1 Å². The standard InChI is InChI=1S/C30H21Cl3N4O4S/c31-21-10-12-22(13-11-21)35-27(38)18-41-25-9-2-1-5-19(25)15-26-29(39)37(17-23-7-4-14-40-23)30(42-26)36-34-16-20-6-3-8-24(32)28(20)33/h1-16H,17-18H2,(H,35,38)/b26-15-,34-16+,36-30-. The molecule has 0 unspecified atom stereocenters. The Kier molecular flexibility index (Phi) is 9.66. The van der Waals surface area contributed by atoms with E-state index in [2.05, 4.69) is 15.5 Å². The molecule has 1 saturated heterocycles. The number of halogens is 3. The molecule has 5 rings (SSSR count). The number of amidine groups is 1. The molecule has 1 aliphatic heterocycles. The number of benzene rings is 3. The van der Waals surface area contributed by atoms with Crippen molar-refractivity contribution in [2.45, 2.75) is 6.54 Å². The molecule has 212 valence electrons. The van der Waals surface area contributed by atoms with Gasteiger partial charge in [-0.3, -0.25) is 14.5 Å². The van der Waals surface area contributed by atoms with Crippen molar-refractivity contribution < 1.29 is 18.7 Å². The summed E-state index contributed by atoms with van der Waals surface area (Å²) in [6.07, 6.45) is 4.69. The molecule has 42 heavy (non-hydrogen) atoms. The average Bonchev–Trinajstić information content (AvgIpc) is 3.60. The normalized spacial score (nSPS) is 15.2. The zero-order valence-corrected chi connectivity index (χ0v) is 24.8. The lowest BCUT2D eigenvalue weighted by Gasteiger charge is -2.12. The summed E-state index contributed by atoms with van der Waals surface area (Å²) in [5, 5.41) is 12.9. The monoisotopic (exact) mass is 638 g/mol. The number of para-hydroxylation sites is 1. The predicted molar refractivity (Wildman–Crippen MR) is 168 cm³/mol. The van der Waals surface area contributed by atoms with Gasteiger partial charge < -0.3 is 14.5 Å². The Morgan fingerprint density at radius 2 is 1.76 bits per heavy atom. The van der Waals surface area contributed by atoms with Crippen LogP contribution in [0.25, 0.3) is 6.08 Å². The number of hydrogen-bond acceptors (Lipinski definition) is 7. The quantitative estimate of drug-likeness (QED) is 0.115. The molecule has 1 N–H and O–H groups in total. The van der Waals surface area contributed by atoms with E-state index in [1.54, 1.807) is 78.9 Å². The van der Waals surface area contributed by atoms with Crippen LogP contribution >= 0.6 is 46.6 Å². The van der Waals surface area contributed by atoms with Crippen LogP contribution in [-0.4, -0.2) is 34.7 Å². The molecule has 4 aromatic rings. The van der Waals surface area contributed by atoms with Crippen LogP contribution in [0.2, 0.25) is 15.1 Å². The van der Waals surface area contributed by atoms with E-state index < -0.39 is 0 Å². The highest BCUT2D eigenvalue weighted by Gasteiger charge is 2.34. The van der Waals surface area contributed by atoms with Gasteiger partial charge in [-0.05, 0) is 66.4 Å². The summed E-state index contributed by atoms with van der Waals surface area (Å²) in [4.78, 5) is 27.8. The maximum Gasteiger partial charge on any atom is 0.267 e. The van der Waals surface area contributed by atoms with Gasteiger partial charge >= 0.3 is 0 Å². The molecule has 2 heterocycles. The Bertz CT molecular complexity index is 1690. The molecule has 0 bridgehead atoms. The zero-order valence-electron chi connectivity index (χ0n) is 21.7. The number of hydrogen-bond donors (Lipinski definition) is 1. The lowest BCUT2D eigenvalue weighted by molar-refractivity contribution is -0.122. The number of amides is 2. The molecule has 0 saturated carbocycles. The van der Waals surface area contributed by atoms with E-state index in [0.29, 0.717) is 53.5 Å². The van der Waals surface area contributed by atoms with E-state index in [-0.39, 0.29) is 25.0 Å². The van der Waals surface area contributed by atoms with Crippen molar-refractivity contribution in [1.29, 1.82) is 0 Å². The maximum atomic E-state index is 13.5. The number of nitrogens with zero attached hydrogens (tertiary/aromatic N) is 3. The highest BCUT2D eigenvalue weighted by Crippen LogP contribution is 2.35. The molecule has 0 atom stereocenters. The van der Waals surface area contributed by atoms with E-state index >= 15 is 0 Å². The fraction of sp³-hybridized carbons (Fsp3) is 0.0667. The van der Waals surface area contributed by atoms with Gasteiger partial charge in [-0.25, -0.2) is 0 Å². The largest absolute Gasteiger partial charge is 0.483 e. The van der Waals surface area contributed by atoms with Crippen molar-refractivity contribution in [2.24, 2.45) is 10.2 Å². The highest BCUT2D eigenvalue weighted by molar-refractivity contribution is 8.18. The first-order chi connectivity index (χ1) is 20.4. The van der Waals surface area contributed by atoms with Crippen LogP contribution in [0.5, 0.6) is 5.75 Å². The lowest BCUT2D eigenvalue weighted by atomic mass is 10.2. The van der Waals surface area contributed by atoms with Crippen LogP contribution in [0, 0.1) is 0 Å². The molecule has 1 aliphatic rings.